The molecule has 0 fully saturated rings. The number of phenols is 1. The van der Waals surface area contributed by atoms with Crippen LogP contribution in [0.3, 0.4) is 0 Å². The number of carboxylic acids is 1. The Hall–Kier alpha value is -2.74. The van der Waals surface area contributed by atoms with E-state index in [4.69, 9.17) is 9.84 Å². The highest BCUT2D eigenvalue weighted by atomic mass is 32.2. The maximum atomic E-state index is 12.3. The number of benzene rings is 2. The molecular formula is C15H15NO6S. The standard InChI is InChI=1S/C15H15NO6S/c1-9-3-5-11(6-4-9)23(20,21)16-12-7-10(15(18)19)8-13(22-2)14(12)17/h3-8,16-17H,1-2H3,(H,18,19). The summed E-state index contributed by atoms with van der Waals surface area (Å²) in [4.78, 5) is 11.1. The molecule has 0 amide bonds. The molecule has 3 N–H and O–H groups in total. The van der Waals surface area contributed by atoms with E-state index >= 15 is 0 Å². The van der Waals surface area contributed by atoms with Crippen molar-refractivity contribution < 1.29 is 28.2 Å². The zero-order valence-corrected chi connectivity index (χ0v) is 13.2. The van der Waals surface area contributed by atoms with E-state index in [-0.39, 0.29) is 21.9 Å². The minimum Gasteiger partial charge on any atom is -0.503 e. The van der Waals surface area contributed by atoms with Crippen molar-refractivity contribution in [1.29, 1.82) is 0 Å². The summed E-state index contributed by atoms with van der Waals surface area (Å²) in [6.07, 6.45) is 0. The van der Waals surface area contributed by atoms with E-state index in [2.05, 4.69) is 4.72 Å². The number of hydrogen-bond acceptors (Lipinski definition) is 5. The van der Waals surface area contributed by atoms with Crippen molar-refractivity contribution in [1.82, 2.24) is 0 Å². The van der Waals surface area contributed by atoms with Crippen LogP contribution in [0.15, 0.2) is 41.3 Å². The molecule has 2 rings (SSSR count). The minimum atomic E-state index is -3.98. The molecule has 0 aliphatic rings. The number of phenolic OH excluding ortho intramolecular Hbond substituents is 1. The number of anilines is 1. The van der Waals surface area contributed by atoms with Gasteiger partial charge in [0.15, 0.2) is 11.5 Å². The Morgan fingerprint density at radius 2 is 1.78 bits per heavy atom. The van der Waals surface area contributed by atoms with Crippen molar-refractivity contribution in [2.24, 2.45) is 0 Å². The zero-order chi connectivity index (χ0) is 17.2. The van der Waals surface area contributed by atoms with E-state index in [1.807, 2.05) is 6.92 Å². The molecule has 0 saturated carbocycles. The first-order valence-electron chi connectivity index (χ1n) is 6.48. The predicted molar refractivity (Wildman–Crippen MR) is 83.6 cm³/mol. The van der Waals surface area contributed by atoms with Gasteiger partial charge in [-0.15, -0.1) is 0 Å². The van der Waals surface area contributed by atoms with Crippen molar-refractivity contribution in [3.05, 3.63) is 47.5 Å². The zero-order valence-electron chi connectivity index (χ0n) is 12.4. The van der Waals surface area contributed by atoms with Crippen molar-refractivity contribution in [3.63, 3.8) is 0 Å². The summed E-state index contributed by atoms with van der Waals surface area (Å²) in [6.45, 7) is 1.82. The van der Waals surface area contributed by atoms with Crippen LogP contribution in [-0.4, -0.2) is 31.7 Å². The lowest BCUT2D eigenvalue weighted by atomic mass is 10.2. The van der Waals surface area contributed by atoms with Crippen LogP contribution in [0, 0.1) is 6.92 Å². The van der Waals surface area contributed by atoms with Crippen LogP contribution in [0.25, 0.3) is 0 Å². The monoisotopic (exact) mass is 337 g/mol. The number of methoxy groups -OCH3 is 1. The van der Waals surface area contributed by atoms with E-state index in [1.54, 1.807) is 12.1 Å². The van der Waals surface area contributed by atoms with Crippen molar-refractivity contribution in [2.45, 2.75) is 11.8 Å². The van der Waals surface area contributed by atoms with E-state index in [0.717, 1.165) is 17.7 Å². The van der Waals surface area contributed by atoms with Gasteiger partial charge < -0.3 is 14.9 Å². The van der Waals surface area contributed by atoms with Gasteiger partial charge in [0.2, 0.25) is 0 Å². The minimum absolute atomic E-state index is 0.0119. The van der Waals surface area contributed by atoms with Gasteiger partial charge in [0, 0.05) is 0 Å². The summed E-state index contributed by atoms with van der Waals surface area (Å²) in [7, 11) is -2.74. The molecule has 0 saturated heterocycles. The highest BCUT2D eigenvalue weighted by Gasteiger charge is 2.20. The molecule has 0 bridgehead atoms. The molecule has 0 aromatic heterocycles. The number of carboxylic acid groups (broad SMARTS) is 1. The van der Waals surface area contributed by atoms with E-state index in [9.17, 15) is 18.3 Å². The Morgan fingerprint density at radius 3 is 2.30 bits per heavy atom. The Labute approximate surface area is 133 Å². The second-order valence-corrected chi connectivity index (χ2v) is 6.48. The molecule has 0 aliphatic carbocycles. The fourth-order valence-electron chi connectivity index (χ4n) is 1.89. The topological polar surface area (TPSA) is 113 Å². The Bertz CT molecular complexity index is 843. The number of aromatic hydroxyl groups is 1. The largest absolute Gasteiger partial charge is 0.503 e. The first-order chi connectivity index (χ1) is 10.7. The number of sulfonamides is 1. The summed E-state index contributed by atoms with van der Waals surface area (Å²) >= 11 is 0. The first-order valence-corrected chi connectivity index (χ1v) is 7.96. The molecule has 0 unspecified atom stereocenters. The maximum Gasteiger partial charge on any atom is 0.335 e. The summed E-state index contributed by atoms with van der Waals surface area (Å²) < 4.78 is 31.7. The number of carbonyl (C=O) groups is 1. The fourth-order valence-corrected chi connectivity index (χ4v) is 2.94. The highest BCUT2D eigenvalue weighted by molar-refractivity contribution is 7.92. The average Bonchev–Trinajstić information content (AvgIpc) is 2.49. The van der Waals surface area contributed by atoms with Gasteiger partial charge in [0.05, 0.1) is 23.3 Å². The van der Waals surface area contributed by atoms with Crippen LogP contribution in [0.2, 0.25) is 0 Å². The number of rotatable bonds is 5. The Kier molecular flexibility index (Phi) is 4.46. The molecule has 0 heterocycles. The molecule has 122 valence electrons. The van der Waals surface area contributed by atoms with Crippen molar-refractivity contribution in [3.8, 4) is 11.5 Å². The third-order valence-electron chi connectivity index (χ3n) is 3.12. The van der Waals surface area contributed by atoms with Gasteiger partial charge in [-0.2, -0.15) is 0 Å². The van der Waals surface area contributed by atoms with Gasteiger partial charge in [-0.3, -0.25) is 4.72 Å². The summed E-state index contributed by atoms with van der Waals surface area (Å²) in [5.74, 6) is -1.92. The van der Waals surface area contributed by atoms with Crippen LogP contribution in [-0.2, 0) is 10.0 Å². The molecule has 7 nitrogen and oxygen atoms in total. The third-order valence-corrected chi connectivity index (χ3v) is 4.50. The van der Waals surface area contributed by atoms with Gasteiger partial charge in [0.25, 0.3) is 10.0 Å². The van der Waals surface area contributed by atoms with E-state index in [1.165, 1.54) is 19.2 Å². The quantitative estimate of drug-likeness (QED) is 0.721. The van der Waals surface area contributed by atoms with Crippen LogP contribution in [0.1, 0.15) is 15.9 Å². The number of ether oxygens (including phenoxy) is 1. The maximum absolute atomic E-state index is 12.3. The third kappa shape index (κ3) is 3.54. The average molecular weight is 337 g/mol. The lowest BCUT2D eigenvalue weighted by Gasteiger charge is -2.13. The van der Waals surface area contributed by atoms with Gasteiger partial charge in [-0.1, -0.05) is 17.7 Å². The van der Waals surface area contributed by atoms with Crippen molar-refractivity contribution in [2.75, 3.05) is 11.8 Å². The summed E-state index contributed by atoms with van der Waals surface area (Å²) in [5.41, 5.74) is 0.393. The number of aryl methyl sites for hydroxylation is 1. The normalized spacial score (nSPS) is 11.0. The van der Waals surface area contributed by atoms with Gasteiger partial charge in [-0.25, -0.2) is 13.2 Å². The molecule has 0 radical (unpaired) electrons. The number of hydrogen-bond donors (Lipinski definition) is 3. The molecule has 2 aromatic rings. The number of nitrogens with one attached hydrogen (secondary N) is 1. The molecular weight excluding hydrogens is 322 g/mol. The molecule has 23 heavy (non-hydrogen) atoms. The van der Waals surface area contributed by atoms with Crippen molar-refractivity contribution >= 4 is 21.7 Å². The van der Waals surface area contributed by atoms with E-state index < -0.39 is 21.7 Å². The second kappa shape index (κ2) is 6.17. The van der Waals surface area contributed by atoms with E-state index in [0.29, 0.717) is 0 Å². The van der Waals surface area contributed by atoms with Gasteiger partial charge >= 0.3 is 5.97 Å². The Balaban J connectivity index is 2.48. The van der Waals surface area contributed by atoms with Crippen LogP contribution in [0.4, 0.5) is 5.69 Å². The molecule has 2 aromatic carbocycles. The van der Waals surface area contributed by atoms with Crippen LogP contribution >= 0.6 is 0 Å². The molecule has 0 atom stereocenters. The van der Waals surface area contributed by atoms with Gasteiger partial charge in [0.1, 0.15) is 0 Å². The smallest absolute Gasteiger partial charge is 0.335 e. The van der Waals surface area contributed by atoms with Crippen LogP contribution in [0.5, 0.6) is 11.5 Å². The molecule has 8 heteroatoms. The Morgan fingerprint density at radius 1 is 1.17 bits per heavy atom. The molecule has 0 aliphatic heterocycles. The van der Waals surface area contributed by atoms with Crippen LogP contribution < -0.4 is 9.46 Å². The second-order valence-electron chi connectivity index (χ2n) is 4.80. The fraction of sp³-hybridized carbons (Fsp3) is 0.133. The lowest BCUT2D eigenvalue weighted by molar-refractivity contribution is 0.0696. The predicted octanol–water partition coefficient (Wildman–Crippen LogP) is 2.21. The number of aromatic carboxylic acids is 1. The molecule has 0 spiro atoms. The van der Waals surface area contributed by atoms with Gasteiger partial charge in [-0.05, 0) is 31.2 Å². The highest BCUT2D eigenvalue weighted by Crippen LogP contribution is 2.36. The SMILES string of the molecule is COc1cc(C(=O)O)cc(NS(=O)(=O)c2ccc(C)cc2)c1O. The first kappa shape index (κ1) is 16.6. The summed E-state index contributed by atoms with van der Waals surface area (Å²) in [5, 5.41) is 19.1. The summed E-state index contributed by atoms with van der Waals surface area (Å²) in [6, 6.07) is 8.19. The lowest BCUT2D eigenvalue weighted by Crippen LogP contribution is -2.14.